The van der Waals surface area contributed by atoms with E-state index in [1.54, 1.807) is 0 Å². The Hall–Kier alpha value is -1.16. The van der Waals surface area contributed by atoms with E-state index >= 15 is 0 Å². The lowest BCUT2D eigenvalue weighted by Gasteiger charge is -2.19. The summed E-state index contributed by atoms with van der Waals surface area (Å²) >= 11 is 0. The molecular formula is C9H13NO3. The van der Waals surface area contributed by atoms with Crippen molar-refractivity contribution in [3.05, 3.63) is 26.0 Å². The molecule has 0 saturated carbocycles. The van der Waals surface area contributed by atoms with E-state index in [1.165, 1.54) is 0 Å². The van der Waals surface area contributed by atoms with Gasteiger partial charge in [-0.15, -0.1) is 0 Å². The topological polar surface area (TPSA) is 80.4 Å². The van der Waals surface area contributed by atoms with Gasteiger partial charge in [-0.3, -0.25) is 9.59 Å². The zero-order chi connectivity index (χ0) is 10.2. The van der Waals surface area contributed by atoms with Crippen LogP contribution in [0.1, 0.15) is 31.9 Å². The molecule has 2 atom stereocenters. The molecule has 4 heteroatoms. The van der Waals surface area contributed by atoms with Crippen LogP contribution in [0.4, 0.5) is 0 Å². The molecule has 3 N–H and O–H groups in total. The first-order valence-electron chi connectivity index (χ1n) is 4.28. The predicted molar refractivity (Wildman–Crippen MR) is 49.4 cm³/mol. The summed E-state index contributed by atoms with van der Waals surface area (Å²) in [6.45, 7) is 3.81. The van der Waals surface area contributed by atoms with Gasteiger partial charge in [-0.05, 0) is 5.92 Å². The first kappa shape index (κ1) is 9.92. The fraction of sp³-hybridized carbons (Fsp3) is 0.556. The van der Waals surface area contributed by atoms with Crippen molar-refractivity contribution >= 4 is 0 Å². The van der Waals surface area contributed by atoms with Crippen LogP contribution in [0.25, 0.3) is 0 Å². The average Bonchev–Trinajstić information content (AvgIpc) is 2.16. The molecule has 0 fully saturated rings. The Balaban J connectivity index is 2.98. The molecule has 0 radical (unpaired) electrons. The molecule has 0 saturated heterocycles. The van der Waals surface area contributed by atoms with Crippen molar-refractivity contribution in [3.63, 3.8) is 0 Å². The van der Waals surface area contributed by atoms with Crippen LogP contribution in [0.3, 0.4) is 0 Å². The molecule has 1 rings (SSSR count). The quantitative estimate of drug-likeness (QED) is 0.648. The highest BCUT2D eigenvalue weighted by molar-refractivity contribution is 5.40. The minimum Gasteiger partial charge on any atom is -0.504 e. The maximum absolute atomic E-state index is 11.0. The summed E-state index contributed by atoms with van der Waals surface area (Å²) in [5, 5.41) is 9.09. The summed E-state index contributed by atoms with van der Waals surface area (Å²) in [6, 6.07) is -0.518. The van der Waals surface area contributed by atoms with E-state index in [0.717, 1.165) is 6.42 Å². The van der Waals surface area contributed by atoms with Crippen LogP contribution in [0.2, 0.25) is 0 Å². The number of aromatic hydroxyl groups is 1. The van der Waals surface area contributed by atoms with Crippen LogP contribution in [-0.4, -0.2) is 5.11 Å². The van der Waals surface area contributed by atoms with E-state index in [1.807, 2.05) is 13.8 Å². The van der Waals surface area contributed by atoms with Gasteiger partial charge in [-0.1, -0.05) is 20.3 Å². The summed E-state index contributed by atoms with van der Waals surface area (Å²) in [5.74, 6) is -0.355. The second-order valence-electron chi connectivity index (χ2n) is 3.33. The Morgan fingerprint density at radius 3 is 2.31 bits per heavy atom. The number of hydrogen-bond acceptors (Lipinski definition) is 4. The maximum Gasteiger partial charge on any atom is 0.268 e. The van der Waals surface area contributed by atoms with E-state index in [-0.39, 0.29) is 11.5 Å². The largest absolute Gasteiger partial charge is 0.504 e. The molecule has 0 aliphatic heterocycles. The highest BCUT2D eigenvalue weighted by Gasteiger charge is 2.27. The standard InChI is InChI=1S/C9H13NO3/c1-3-4(2)6(10)5-7(11)9(13)8(5)12/h4,6,11H,3,10H2,1-2H3. The molecule has 72 valence electrons. The van der Waals surface area contributed by atoms with Gasteiger partial charge in [0.05, 0.1) is 5.56 Å². The molecule has 0 spiro atoms. The van der Waals surface area contributed by atoms with Gasteiger partial charge in [-0.25, -0.2) is 0 Å². The normalized spacial score (nSPS) is 15.9. The number of hydrogen-bond donors (Lipinski definition) is 2. The molecule has 0 aromatic heterocycles. The van der Waals surface area contributed by atoms with Gasteiger partial charge < -0.3 is 10.8 Å². The Labute approximate surface area is 75.7 Å². The lowest BCUT2D eigenvalue weighted by Crippen LogP contribution is -2.39. The molecule has 1 aromatic carbocycles. The Bertz CT molecular complexity index is 376. The van der Waals surface area contributed by atoms with Crippen LogP contribution < -0.4 is 16.6 Å². The molecule has 0 aliphatic carbocycles. The van der Waals surface area contributed by atoms with Gasteiger partial charge in [0.15, 0.2) is 5.75 Å². The van der Waals surface area contributed by atoms with Gasteiger partial charge in [0, 0.05) is 6.04 Å². The summed E-state index contributed by atoms with van der Waals surface area (Å²) in [5.41, 5.74) is 4.34. The van der Waals surface area contributed by atoms with Crippen LogP contribution in [0.15, 0.2) is 9.59 Å². The molecule has 0 amide bonds. The van der Waals surface area contributed by atoms with Crippen molar-refractivity contribution in [1.82, 2.24) is 0 Å². The third-order valence-electron chi connectivity index (χ3n) is 2.51. The van der Waals surface area contributed by atoms with Gasteiger partial charge >= 0.3 is 0 Å². The number of rotatable bonds is 3. The monoisotopic (exact) mass is 183 g/mol. The number of nitrogens with two attached hydrogens (primary N) is 1. The van der Waals surface area contributed by atoms with Crippen LogP contribution in [0.5, 0.6) is 5.75 Å². The van der Waals surface area contributed by atoms with E-state index < -0.39 is 22.6 Å². The minimum atomic E-state index is -0.811. The predicted octanol–water partition coefficient (Wildman–Crippen LogP) is 0.0341. The summed E-state index contributed by atoms with van der Waals surface area (Å²) < 4.78 is 0. The highest BCUT2D eigenvalue weighted by atomic mass is 16.3. The van der Waals surface area contributed by atoms with Gasteiger partial charge in [0.2, 0.25) is 5.43 Å². The average molecular weight is 183 g/mol. The van der Waals surface area contributed by atoms with E-state index in [9.17, 15) is 9.59 Å². The van der Waals surface area contributed by atoms with Crippen molar-refractivity contribution in [2.45, 2.75) is 26.3 Å². The van der Waals surface area contributed by atoms with Crippen molar-refractivity contribution in [2.75, 3.05) is 0 Å². The Morgan fingerprint density at radius 2 is 1.92 bits per heavy atom. The van der Waals surface area contributed by atoms with E-state index in [4.69, 9.17) is 10.8 Å². The van der Waals surface area contributed by atoms with Gasteiger partial charge in [-0.2, -0.15) is 0 Å². The molecule has 13 heavy (non-hydrogen) atoms. The Kier molecular flexibility index (Phi) is 2.52. The smallest absolute Gasteiger partial charge is 0.268 e. The molecular weight excluding hydrogens is 170 g/mol. The molecule has 4 nitrogen and oxygen atoms in total. The van der Waals surface area contributed by atoms with Gasteiger partial charge in [0.25, 0.3) is 5.43 Å². The van der Waals surface area contributed by atoms with Crippen molar-refractivity contribution in [1.29, 1.82) is 0 Å². The zero-order valence-corrected chi connectivity index (χ0v) is 7.70. The highest BCUT2D eigenvalue weighted by Crippen LogP contribution is 2.24. The van der Waals surface area contributed by atoms with Crippen LogP contribution in [-0.2, 0) is 0 Å². The van der Waals surface area contributed by atoms with E-state index in [2.05, 4.69) is 0 Å². The van der Waals surface area contributed by atoms with Crippen LogP contribution in [0, 0.1) is 5.92 Å². The first-order chi connectivity index (χ1) is 6.00. The molecule has 0 heterocycles. The van der Waals surface area contributed by atoms with Crippen molar-refractivity contribution in [2.24, 2.45) is 11.7 Å². The van der Waals surface area contributed by atoms with Gasteiger partial charge in [0.1, 0.15) is 0 Å². The summed E-state index contributed by atoms with van der Waals surface area (Å²) in [4.78, 5) is 21.7. The zero-order valence-electron chi connectivity index (χ0n) is 7.70. The minimum absolute atomic E-state index is 0.0919. The fourth-order valence-corrected chi connectivity index (χ4v) is 1.24. The Morgan fingerprint density at radius 1 is 1.38 bits per heavy atom. The molecule has 0 bridgehead atoms. The first-order valence-corrected chi connectivity index (χ1v) is 4.28. The fourth-order valence-electron chi connectivity index (χ4n) is 1.24. The third kappa shape index (κ3) is 1.37. The van der Waals surface area contributed by atoms with Crippen LogP contribution >= 0.6 is 0 Å². The molecule has 1 aromatic rings. The lowest BCUT2D eigenvalue weighted by atomic mass is 9.90. The maximum atomic E-state index is 11.0. The van der Waals surface area contributed by atoms with Crippen molar-refractivity contribution < 1.29 is 5.11 Å². The molecule has 0 aliphatic rings. The molecule has 2 unspecified atom stereocenters. The van der Waals surface area contributed by atoms with Crippen molar-refractivity contribution in [3.8, 4) is 5.75 Å². The summed E-state index contributed by atoms with van der Waals surface area (Å²) in [6.07, 6.45) is 0.805. The second kappa shape index (κ2) is 3.30. The van der Waals surface area contributed by atoms with E-state index in [0.29, 0.717) is 0 Å². The SMILES string of the molecule is CCC(C)C(N)c1c(O)c(=O)c1=O. The third-order valence-corrected chi connectivity index (χ3v) is 2.51. The summed E-state index contributed by atoms with van der Waals surface area (Å²) in [7, 11) is 0. The second-order valence-corrected chi connectivity index (χ2v) is 3.33. The lowest BCUT2D eigenvalue weighted by molar-refractivity contribution is 0.405.